The molecule has 0 spiro atoms. The SMILES string of the molecule is O=C(Nc1ccccc1)Nc1ccc(NCc2ccccc2F)nc1. The molecule has 2 aromatic carbocycles. The Balaban J connectivity index is 1.53. The van der Waals surface area contributed by atoms with E-state index in [1.54, 1.807) is 42.5 Å². The van der Waals surface area contributed by atoms with Crippen LogP contribution in [0.5, 0.6) is 0 Å². The van der Waals surface area contributed by atoms with Crippen LogP contribution in [0.3, 0.4) is 0 Å². The number of amides is 2. The summed E-state index contributed by atoms with van der Waals surface area (Å²) in [7, 11) is 0. The maximum atomic E-state index is 13.6. The highest BCUT2D eigenvalue weighted by Crippen LogP contribution is 2.13. The number of para-hydroxylation sites is 1. The molecule has 0 bridgehead atoms. The number of benzene rings is 2. The zero-order valence-electron chi connectivity index (χ0n) is 13.4. The minimum absolute atomic E-state index is 0.258. The predicted octanol–water partition coefficient (Wildman–Crippen LogP) is 4.48. The number of urea groups is 1. The van der Waals surface area contributed by atoms with Crippen LogP contribution < -0.4 is 16.0 Å². The van der Waals surface area contributed by atoms with E-state index in [4.69, 9.17) is 0 Å². The number of carbonyl (C=O) groups excluding carboxylic acids is 1. The molecule has 0 unspecified atom stereocenters. The van der Waals surface area contributed by atoms with Gasteiger partial charge >= 0.3 is 6.03 Å². The van der Waals surface area contributed by atoms with E-state index in [9.17, 15) is 9.18 Å². The Kier molecular flexibility index (Phi) is 5.21. The minimum atomic E-state index is -0.347. The Morgan fingerprint density at radius 2 is 1.60 bits per heavy atom. The molecule has 3 aromatic rings. The summed E-state index contributed by atoms with van der Waals surface area (Å²) in [4.78, 5) is 16.1. The Labute approximate surface area is 144 Å². The first-order valence-corrected chi connectivity index (χ1v) is 7.77. The first kappa shape index (κ1) is 16.4. The smallest absolute Gasteiger partial charge is 0.323 e. The number of hydrogen-bond acceptors (Lipinski definition) is 3. The summed E-state index contributed by atoms with van der Waals surface area (Å²) in [5, 5.41) is 8.47. The molecule has 126 valence electrons. The number of aromatic nitrogens is 1. The molecule has 0 fully saturated rings. The normalized spacial score (nSPS) is 10.1. The summed E-state index contributed by atoms with van der Waals surface area (Å²) >= 11 is 0. The van der Waals surface area contributed by atoms with Gasteiger partial charge in [-0.15, -0.1) is 0 Å². The van der Waals surface area contributed by atoms with Gasteiger partial charge in [-0.05, 0) is 30.3 Å². The van der Waals surface area contributed by atoms with Crippen molar-refractivity contribution in [2.45, 2.75) is 6.54 Å². The highest BCUT2D eigenvalue weighted by molar-refractivity contribution is 5.99. The van der Waals surface area contributed by atoms with Gasteiger partial charge in [-0.25, -0.2) is 14.2 Å². The molecule has 25 heavy (non-hydrogen) atoms. The first-order chi connectivity index (χ1) is 12.2. The van der Waals surface area contributed by atoms with Crippen LogP contribution in [-0.2, 0) is 6.54 Å². The molecule has 3 rings (SSSR count). The van der Waals surface area contributed by atoms with Crippen molar-refractivity contribution in [1.29, 1.82) is 0 Å². The van der Waals surface area contributed by atoms with Crippen LogP contribution >= 0.6 is 0 Å². The lowest BCUT2D eigenvalue weighted by Crippen LogP contribution is -2.19. The standard InChI is InChI=1S/C19H17FN4O/c20-17-9-5-4-6-14(17)12-21-18-11-10-16(13-22-18)24-19(25)23-15-7-2-1-3-8-15/h1-11,13H,12H2,(H,21,22)(H2,23,24,25). The molecule has 0 aliphatic carbocycles. The molecule has 0 saturated heterocycles. The quantitative estimate of drug-likeness (QED) is 0.644. The number of carbonyl (C=O) groups is 1. The van der Waals surface area contributed by atoms with Crippen LogP contribution in [0.1, 0.15) is 5.56 Å². The van der Waals surface area contributed by atoms with Crippen molar-refractivity contribution >= 4 is 23.2 Å². The minimum Gasteiger partial charge on any atom is -0.366 e. The van der Waals surface area contributed by atoms with E-state index in [1.165, 1.54) is 12.3 Å². The molecule has 1 heterocycles. The fraction of sp³-hybridized carbons (Fsp3) is 0.0526. The highest BCUT2D eigenvalue weighted by atomic mass is 19.1. The second-order valence-electron chi connectivity index (χ2n) is 5.32. The zero-order valence-corrected chi connectivity index (χ0v) is 13.4. The molecule has 0 saturated carbocycles. The van der Waals surface area contributed by atoms with Crippen LogP contribution in [0, 0.1) is 5.82 Å². The summed E-state index contributed by atoms with van der Waals surface area (Å²) in [5.41, 5.74) is 1.83. The number of hydrogen-bond donors (Lipinski definition) is 3. The van der Waals surface area contributed by atoms with Crippen LogP contribution in [0.25, 0.3) is 0 Å². The monoisotopic (exact) mass is 336 g/mol. The van der Waals surface area contributed by atoms with Crippen LogP contribution in [0.2, 0.25) is 0 Å². The van der Waals surface area contributed by atoms with E-state index in [-0.39, 0.29) is 11.8 Å². The van der Waals surface area contributed by atoms with Crippen molar-refractivity contribution in [1.82, 2.24) is 4.98 Å². The molecule has 5 nitrogen and oxygen atoms in total. The number of rotatable bonds is 5. The summed E-state index contributed by atoms with van der Waals surface area (Å²) in [5.74, 6) is 0.336. The fourth-order valence-electron chi connectivity index (χ4n) is 2.21. The number of halogens is 1. The third-order valence-electron chi connectivity index (χ3n) is 3.47. The maximum absolute atomic E-state index is 13.6. The Morgan fingerprint density at radius 1 is 0.880 bits per heavy atom. The lowest BCUT2D eigenvalue weighted by Gasteiger charge is -2.09. The molecule has 0 atom stereocenters. The Bertz CT molecular complexity index is 838. The average Bonchev–Trinajstić information content (AvgIpc) is 2.63. The number of nitrogens with one attached hydrogen (secondary N) is 3. The third-order valence-corrected chi connectivity index (χ3v) is 3.47. The van der Waals surface area contributed by atoms with Crippen LogP contribution in [-0.4, -0.2) is 11.0 Å². The van der Waals surface area contributed by atoms with Gasteiger partial charge in [0.2, 0.25) is 0 Å². The van der Waals surface area contributed by atoms with Crippen molar-refractivity contribution < 1.29 is 9.18 Å². The molecule has 1 aromatic heterocycles. The van der Waals surface area contributed by atoms with Crippen molar-refractivity contribution in [2.24, 2.45) is 0 Å². The average molecular weight is 336 g/mol. The van der Waals surface area contributed by atoms with E-state index < -0.39 is 0 Å². The van der Waals surface area contributed by atoms with E-state index >= 15 is 0 Å². The highest BCUT2D eigenvalue weighted by Gasteiger charge is 2.04. The van der Waals surface area contributed by atoms with Gasteiger partial charge in [-0.1, -0.05) is 36.4 Å². The molecule has 0 radical (unpaired) electrons. The summed E-state index contributed by atoms with van der Waals surface area (Å²) < 4.78 is 13.6. The van der Waals surface area contributed by atoms with E-state index in [0.717, 1.165) is 0 Å². The largest absolute Gasteiger partial charge is 0.366 e. The van der Waals surface area contributed by atoms with Gasteiger partial charge in [0.25, 0.3) is 0 Å². The van der Waals surface area contributed by atoms with Gasteiger partial charge < -0.3 is 16.0 Å². The van der Waals surface area contributed by atoms with Crippen LogP contribution in [0.4, 0.5) is 26.4 Å². The molecule has 6 heteroatoms. The maximum Gasteiger partial charge on any atom is 0.323 e. The van der Waals surface area contributed by atoms with Crippen molar-refractivity contribution in [3.8, 4) is 0 Å². The predicted molar refractivity (Wildman–Crippen MR) is 97.0 cm³/mol. The van der Waals surface area contributed by atoms with Crippen molar-refractivity contribution in [2.75, 3.05) is 16.0 Å². The number of nitrogens with zero attached hydrogens (tertiary/aromatic N) is 1. The van der Waals surface area contributed by atoms with Crippen LogP contribution in [0.15, 0.2) is 72.9 Å². The second-order valence-corrected chi connectivity index (χ2v) is 5.32. The van der Waals surface area contributed by atoms with E-state index in [2.05, 4.69) is 20.9 Å². The third kappa shape index (κ3) is 4.78. The number of pyridine rings is 1. The molecule has 3 N–H and O–H groups in total. The van der Waals surface area contributed by atoms with Gasteiger partial charge in [0.15, 0.2) is 0 Å². The van der Waals surface area contributed by atoms with Crippen molar-refractivity contribution in [3.63, 3.8) is 0 Å². The van der Waals surface area contributed by atoms with Gasteiger partial charge in [-0.3, -0.25) is 0 Å². The first-order valence-electron chi connectivity index (χ1n) is 7.77. The molecular weight excluding hydrogens is 319 g/mol. The van der Waals surface area contributed by atoms with Crippen molar-refractivity contribution in [3.05, 3.63) is 84.3 Å². The second kappa shape index (κ2) is 7.92. The summed E-state index contributed by atoms with van der Waals surface area (Å²) in [6.07, 6.45) is 1.54. The Morgan fingerprint density at radius 3 is 2.32 bits per heavy atom. The summed E-state index contributed by atoms with van der Waals surface area (Å²) in [6, 6.07) is 18.8. The van der Waals surface area contributed by atoms with E-state index in [0.29, 0.717) is 29.3 Å². The van der Waals surface area contributed by atoms with E-state index in [1.807, 2.05) is 18.2 Å². The lowest BCUT2D eigenvalue weighted by molar-refractivity contribution is 0.262. The van der Waals surface area contributed by atoms with Gasteiger partial charge in [0, 0.05) is 17.8 Å². The molecule has 2 amide bonds. The lowest BCUT2D eigenvalue weighted by atomic mass is 10.2. The summed E-state index contributed by atoms with van der Waals surface area (Å²) in [6.45, 7) is 0.334. The Hall–Kier alpha value is -3.41. The van der Waals surface area contributed by atoms with Gasteiger partial charge in [0.05, 0.1) is 11.9 Å². The molecular formula is C19H17FN4O. The van der Waals surface area contributed by atoms with Gasteiger partial charge in [0.1, 0.15) is 11.6 Å². The molecule has 0 aliphatic rings. The van der Waals surface area contributed by atoms with Gasteiger partial charge in [-0.2, -0.15) is 0 Å². The molecule has 0 aliphatic heterocycles. The fourth-order valence-corrected chi connectivity index (χ4v) is 2.21. The zero-order chi connectivity index (χ0) is 17.5. The topological polar surface area (TPSA) is 66.1 Å². The number of anilines is 3.